The standard InChI is InChI=1S/C12H12ClF2NO2S/c1-11(2)7-12(15,3-4-19(11,17)18)9-5-8(13)6-16-10(9)14/h3-6H,7H2,1-2H3/t12-/m0/s1. The second-order valence-corrected chi connectivity index (χ2v) is 8.04. The van der Waals surface area contributed by atoms with E-state index < -0.39 is 32.6 Å². The predicted molar refractivity (Wildman–Crippen MR) is 68.7 cm³/mol. The normalized spacial score (nSPS) is 28.3. The van der Waals surface area contributed by atoms with E-state index in [1.807, 2.05) is 0 Å². The Morgan fingerprint density at radius 3 is 2.63 bits per heavy atom. The largest absolute Gasteiger partial charge is 0.234 e. The molecule has 3 nitrogen and oxygen atoms in total. The first-order valence-corrected chi connectivity index (χ1v) is 7.44. The molecule has 0 spiro atoms. The Bertz CT molecular complexity index is 658. The number of rotatable bonds is 1. The Morgan fingerprint density at radius 1 is 1.42 bits per heavy atom. The molecular weight excluding hydrogens is 296 g/mol. The van der Waals surface area contributed by atoms with Crippen molar-refractivity contribution in [3.63, 3.8) is 0 Å². The number of aromatic nitrogens is 1. The van der Waals surface area contributed by atoms with E-state index in [2.05, 4.69) is 4.98 Å². The van der Waals surface area contributed by atoms with Crippen molar-refractivity contribution in [3.8, 4) is 0 Å². The van der Waals surface area contributed by atoms with Crippen molar-refractivity contribution in [2.75, 3.05) is 0 Å². The summed E-state index contributed by atoms with van der Waals surface area (Å²) in [5, 5.41) is 0.879. The van der Waals surface area contributed by atoms with Crippen molar-refractivity contribution in [2.45, 2.75) is 30.7 Å². The minimum absolute atomic E-state index is 0.0908. The zero-order chi connectivity index (χ0) is 14.5. The molecule has 0 amide bonds. The monoisotopic (exact) mass is 307 g/mol. The summed E-state index contributed by atoms with van der Waals surface area (Å²) in [5.74, 6) is -0.994. The number of allylic oxidation sites excluding steroid dienone is 1. The van der Waals surface area contributed by atoms with Crippen LogP contribution < -0.4 is 0 Å². The number of halogens is 3. The fourth-order valence-corrected chi connectivity index (χ4v) is 3.39. The van der Waals surface area contributed by atoms with E-state index in [0.717, 1.165) is 23.7 Å². The van der Waals surface area contributed by atoms with Gasteiger partial charge in [0, 0.05) is 23.6 Å². The maximum Gasteiger partial charge on any atom is 0.219 e. The van der Waals surface area contributed by atoms with Crippen LogP contribution in [0.4, 0.5) is 8.78 Å². The van der Waals surface area contributed by atoms with Gasteiger partial charge in [-0.2, -0.15) is 4.39 Å². The third kappa shape index (κ3) is 2.39. The molecular formula is C12H12ClF2NO2S. The summed E-state index contributed by atoms with van der Waals surface area (Å²) in [6.07, 6.45) is 1.53. The molecule has 0 saturated heterocycles. The Hall–Kier alpha value is -1.01. The predicted octanol–water partition coefficient (Wildman–Crippen LogP) is 3.15. The number of nitrogens with zero attached hydrogens (tertiary/aromatic N) is 1. The van der Waals surface area contributed by atoms with Crippen molar-refractivity contribution in [1.29, 1.82) is 0 Å². The van der Waals surface area contributed by atoms with Crippen molar-refractivity contribution in [3.05, 3.63) is 40.3 Å². The van der Waals surface area contributed by atoms with Crippen molar-refractivity contribution in [2.24, 2.45) is 0 Å². The molecule has 0 bridgehead atoms. The zero-order valence-electron chi connectivity index (χ0n) is 10.3. The van der Waals surface area contributed by atoms with Crippen LogP contribution in [-0.4, -0.2) is 18.1 Å². The van der Waals surface area contributed by atoms with Gasteiger partial charge < -0.3 is 0 Å². The molecule has 0 N–H and O–H groups in total. The lowest BCUT2D eigenvalue weighted by atomic mass is 9.87. The highest BCUT2D eigenvalue weighted by Gasteiger charge is 2.48. The average molecular weight is 308 g/mol. The quantitative estimate of drug-likeness (QED) is 0.749. The Labute approximate surface area is 115 Å². The highest BCUT2D eigenvalue weighted by molar-refractivity contribution is 7.95. The van der Waals surface area contributed by atoms with Crippen LogP contribution in [0.5, 0.6) is 0 Å². The van der Waals surface area contributed by atoms with E-state index in [9.17, 15) is 17.2 Å². The summed E-state index contributed by atoms with van der Waals surface area (Å²) in [5.41, 5.74) is -2.59. The van der Waals surface area contributed by atoms with Gasteiger partial charge in [-0.1, -0.05) is 11.6 Å². The van der Waals surface area contributed by atoms with Gasteiger partial charge in [0.25, 0.3) is 0 Å². The summed E-state index contributed by atoms with van der Waals surface area (Å²) in [6, 6.07) is 1.13. The Balaban J connectivity index is 2.60. The summed E-state index contributed by atoms with van der Waals surface area (Å²) in [7, 11) is -3.56. The molecule has 1 aliphatic heterocycles. The van der Waals surface area contributed by atoms with Gasteiger partial charge in [-0.05, 0) is 26.0 Å². The van der Waals surface area contributed by atoms with E-state index in [4.69, 9.17) is 11.6 Å². The maximum atomic E-state index is 14.9. The van der Waals surface area contributed by atoms with E-state index in [1.165, 1.54) is 13.8 Å². The summed E-state index contributed by atoms with van der Waals surface area (Å²) < 4.78 is 50.8. The maximum absolute atomic E-state index is 14.9. The van der Waals surface area contributed by atoms with Crippen LogP contribution in [0.1, 0.15) is 25.8 Å². The van der Waals surface area contributed by atoms with E-state index in [-0.39, 0.29) is 10.6 Å². The summed E-state index contributed by atoms with van der Waals surface area (Å²) in [4.78, 5) is 3.36. The second-order valence-electron chi connectivity index (χ2n) is 5.14. The van der Waals surface area contributed by atoms with E-state index >= 15 is 0 Å². The fraction of sp³-hybridized carbons (Fsp3) is 0.417. The molecule has 19 heavy (non-hydrogen) atoms. The molecule has 7 heteroatoms. The molecule has 0 aromatic carbocycles. The van der Waals surface area contributed by atoms with Crippen LogP contribution in [0.2, 0.25) is 5.02 Å². The van der Waals surface area contributed by atoms with Crippen LogP contribution in [-0.2, 0) is 15.5 Å². The first-order valence-electron chi connectivity index (χ1n) is 5.52. The lowest BCUT2D eigenvalue weighted by Crippen LogP contribution is -2.41. The molecule has 0 radical (unpaired) electrons. The van der Waals surface area contributed by atoms with Crippen LogP contribution in [0.3, 0.4) is 0 Å². The molecule has 0 saturated carbocycles. The van der Waals surface area contributed by atoms with Crippen LogP contribution in [0, 0.1) is 5.95 Å². The van der Waals surface area contributed by atoms with Gasteiger partial charge in [0.05, 0.1) is 9.77 Å². The molecule has 104 valence electrons. The van der Waals surface area contributed by atoms with Crippen molar-refractivity contribution >= 4 is 21.4 Å². The Morgan fingerprint density at radius 2 is 2.05 bits per heavy atom. The van der Waals surface area contributed by atoms with Gasteiger partial charge in [0.2, 0.25) is 5.95 Å². The number of hydrogen-bond donors (Lipinski definition) is 0. The minimum atomic E-state index is -3.56. The van der Waals surface area contributed by atoms with Crippen molar-refractivity contribution in [1.82, 2.24) is 4.98 Å². The van der Waals surface area contributed by atoms with Crippen LogP contribution in [0.15, 0.2) is 23.7 Å². The molecule has 0 unspecified atom stereocenters. The highest BCUT2D eigenvalue weighted by atomic mass is 35.5. The SMILES string of the molecule is CC1(C)C[C@](F)(c2cc(Cl)cnc2F)C=CS1(=O)=O. The zero-order valence-corrected chi connectivity index (χ0v) is 11.9. The van der Waals surface area contributed by atoms with Gasteiger partial charge >= 0.3 is 0 Å². The molecule has 2 rings (SSSR count). The van der Waals surface area contributed by atoms with Crippen LogP contribution in [0.25, 0.3) is 0 Å². The highest BCUT2D eigenvalue weighted by Crippen LogP contribution is 2.44. The number of hydrogen-bond acceptors (Lipinski definition) is 3. The third-order valence-electron chi connectivity index (χ3n) is 3.22. The van der Waals surface area contributed by atoms with Gasteiger partial charge in [0.15, 0.2) is 15.5 Å². The smallest absolute Gasteiger partial charge is 0.219 e. The van der Waals surface area contributed by atoms with Crippen molar-refractivity contribution < 1.29 is 17.2 Å². The lowest BCUT2D eigenvalue weighted by molar-refractivity contribution is 0.187. The first kappa shape index (κ1) is 14.4. The molecule has 1 aromatic heterocycles. The molecule has 0 fully saturated rings. The average Bonchev–Trinajstić information content (AvgIpc) is 2.28. The van der Waals surface area contributed by atoms with Gasteiger partial charge in [-0.15, -0.1) is 0 Å². The minimum Gasteiger partial charge on any atom is -0.234 e. The lowest BCUT2D eigenvalue weighted by Gasteiger charge is -2.35. The summed E-state index contributed by atoms with van der Waals surface area (Å²) in [6.45, 7) is 2.80. The molecule has 1 aromatic rings. The number of sulfone groups is 1. The van der Waals surface area contributed by atoms with Gasteiger partial charge in [-0.25, -0.2) is 17.8 Å². The molecule has 1 aliphatic rings. The molecule has 1 atom stereocenters. The number of alkyl halides is 1. The Kier molecular flexibility index (Phi) is 3.22. The second kappa shape index (κ2) is 4.24. The molecule has 2 heterocycles. The van der Waals surface area contributed by atoms with Crippen LogP contribution >= 0.6 is 11.6 Å². The molecule has 0 aliphatic carbocycles. The fourth-order valence-electron chi connectivity index (χ4n) is 2.06. The van der Waals surface area contributed by atoms with E-state index in [1.54, 1.807) is 0 Å². The topological polar surface area (TPSA) is 47.0 Å². The number of pyridine rings is 1. The van der Waals surface area contributed by atoms with Gasteiger partial charge in [0.1, 0.15) is 0 Å². The summed E-state index contributed by atoms with van der Waals surface area (Å²) >= 11 is 5.69. The third-order valence-corrected chi connectivity index (χ3v) is 5.60. The first-order chi connectivity index (χ1) is 8.57. The van der Waals surface area contributed by atoms with E-state index in [0.29, 0.717) is 0 Å². The van der Waals surface area contributed by atoms with Gasteiger partial charge in [-0.3, -0.25) is 0 Å².